The van der Waals surface area contributed by atoms with Crippen molar-refractivity contribution in [1.82, 2.24) is 5.32 Å². The summed E-state index contributed by atoms with van der Waals surface area (Å²) in [5.74, 6) is -1.41. The van der Waals surface area contributed by atoms with Crippen molar-refractivity contribution in [2.45, 2.75) is 6.23 Å². The fourth-order valence-electron chi connectivity index (χ4n) is 0.879. The van der Waals surface area contributed by atoms with Crippen LogP contribution in [0.5, 0.6) is 0 Å². The highest BCUT2D eigenvalue weighted by Crippen LogP contribution is 2.15. The predicted molar refractivity (Wildman–Crippen MR) is 40.4 cm³/mol. The molecule has 0 saturated carbocycles. The minimum atomic E-state index is -1.09. The molecule has 66 valence electrons. The standard InChI is InChI=1S/C8H9F2NO/c1-11-8(12)6-3-2-5(9)4-7(6)10/h2-4,8,11-12H,1H3. The number of aliphatic hydroxyl groups excluding tert-OH is 1. The van der Waals surface area contributed by atoms with Crippen LogP contribution in [0.3, 0.4) is 0 Å². The van der Waals surface area contributed by atoms with E-state index in [1.54, 1.807) is 0 Å². The zero-order valence-corrected chi connectivity index (χ0v) is 6.51. The van der Waals surface area contributed by atoms with E-state index in [9.17, 15) is 8.78 Å². The molecule has 0 spiro atoms. The summed E-state index contributed by atoms with van der Waals surface area (Å²) >= 11 is 0. The fraction of sp³-hybridized carbons (Fsp3) is 0.250. The summed E-state index contributed by atoms with van der Waals surface area (Å²) in [6.07, 6.45) is -1.09. The van der Waals surface area contributed by atoms with Gasteiger partial charge in [0.25, 0.3) is 0 Å². The molecule has 0 bridgehead atoms. The molecule has 1 rings (SSSR count). The van der Waals surface area contributed by atoms with Crippen molar-refractivity contribution in [3.8, 4) is 0 Å². The highest BCUT2D eigenvalue weighted by molar-refractivity contribution is 5.20. The lowest BCUT2D eigenvalue weighted by atomic mass is 10.2. The first kappa shape index (κ1) is 9.09. The average Bonchev–Trinajstić information content (AvgIpc) is 2.03. The van der Waals surface area contributed by atoms with Crippen LogP contribution < -0.4 is 5.32 Å². The van der Waals surface area contributed by atoms with Gasteiger partial charge >= 0.3 is 0 Å². The largest absolute Gasteiger partial charge is 0.374 e. The molecular weight excluding hydrogens is 164 g/mol. The van der Waals surface area contributed by atoms with Crippen LogP contribution in [0.2, 0.25) is 0 Å². The van der Waals surface area contributed by atoms with Crippen LogP contribution in [0.15, 0.2) is 18.2 Å². The van der Waals surface area contributed by atoms with Crippen molar-refractivity contribution in [3.05, 3.63) is 35.4 Å². The van der Waals surface area contributed by atoms with E-state index in [4.69, 9.17) is 5.11 Å². The number of halogens is 2. The lowest BCUT2D eigenvalue weighted by Gasteiger charge is -2.09. The van der Waals surface area contributed by atoms with Gasteiger partial charge in [0, 0.05) is 11.6 Å². The third-order valence-corrected chi connectivity index (χ3v) is 1.53. The number of aliphatic hydroxyl groups is 1. The van der Waals surface area contributed by atoms with Crippen molar-refractivity contribution < 1.29 is 13.9 Å². The van der Waals surface area contributed by atoms with E-state index in [-0.39, 0.29) is 5.56 Å². The van der Waals surface area contributed by atoms with Crippen LogP contribution in [0, 0.1) is 11.6 Å². The van der Waals surface area contributed by atoms with Crippen molar-refractivity contribution in [2.75, 3.05) is 7.05 Å². The van der Waals surface area contributed by atoms with E-state index in [1.807, 2.05) is 0 Å². The third-order valence-electron chi connectivity index (χ3n) is 1.53. The summed E-state index contributed by atoms with van der Waals surface area (Å²) < 4.78 is 25.2. The Morgan fingerprint density at radius 3 is 2.58 bits per heavy atom. The highest BCUT2D eigenvalue weighted by Gasteiger charge is 2.10. The maximum atomic E-state index is 12.8. The van der Waals surface area contributed by atoms with Crippen molar-refractivity contribution in [2.24, 2.45) is 0 Å². The quantitative estimate of drug-likeness (QED) is 0.658. The molecule has 0 amide bonds. The summed E-state index contributed by atoms with van der Waals surface area (Å²) in [6, 6.07) is 3.03. The highest BCUT2D eigenvalue weighted by atomic mass is 19.1. The Bertz CT molecular complexity index is 278. The van der Waals surface area contributed by atoms with E-state index in [2.05, 4.69) is 5.32 Å². The second kappa shape index (κ2) is 3.60. The van der Waals surface area contributed by atoms with Gasteiger partial charge in [0.05, 0.1) is 0 Å². The lowest BCUT2D eigenvalue weighted by Crippen LogP contribution is -2.16. The Hall–Kier alpha value is -1.00. The van der Waals surface area contributed by atoms with Gasteiger partial charge in [0.15, 0.2) is 0 Å². The van der Waals surface area contributed by atoms with Gasteiger partial charge in [-0.05, 0) is 19.2 Å². The van der Waals surface area contributed by atoms with Gasteiger partial charge in [0.1, 0.15) is 17.9 Å². The molecular formula is C8H9F2NO. The lowest BCUT2D eigenvalue weighted by molar-refractivity contribution is 0.144. The zero-order valence-electron chi connectivity index (χ0n) is 6.51. The van der Waals surface area contributed by atoms with Gasteiger partial charge < -0.3 is 5.11 Å². The smallest absolute Gasteiger partial charge is 0.133 e. The van der Waals surface area contributed by atoms with Crippen LogP contribution >= 0.6 is 0 Å². The van der Waals surface area contributed by atoms with Crippen LogP contribution in [-0.4, -0.2) is 12.2 Å². The van der Waals surface area contributed by atoms with Gasteiger partial charge in [0.2, 0.25) is 0 Å². The first-order chi connectivity index (χ1) is 5.65. The predicted octanol–water partition coefficient (Wildman–Crippen LogP) is 1.18. The minimum Gasteiger partial charge on any atom is -0.374 e. The van der Waals surface area contributed by atoms with Crippen molar-refractivity contribution in [3.63, 3.8) is 0 Å². The monoisotopic (exact) mass is 173 g/mol. The number of hydrogen-bond acceptors (Lipinski definition) is 2. The number of nitrogens with one attached hydrogen (secondary N) is 1. The Morgan fingerprint density at radius 1 is 1.42 bits per heavy atom. The normalized spacial score (nSPS) is 13.0. The number of hydrogen-bond donors (Lipinski definition) is 2. The van der Waals surface area contributed by atoms with Gasteiger partial charge in [-0.25, -0.2) is 8.78 Å². The maximum Gasteiger partial charge on any atom is 0.133 e. The molecule has 4 heteroatoms. The fourth-order valence-corrected chi connectivity index (χ4v) is 0.879. The number of benzene rings is 1. The Labute approximate surface area is 68.8 Å². The molecule has 1 aromatic rings. The molecule has 0 aliphatic heterocycles. The summed E-state index contributed by atoms with van der Waals surface area (Å²) in [4.78, 5) is 0. The Morgan fingerprint density at radius 2 is 2.08 bits per heavy atom. The Balaban J connectivity index is 3.01. The molecule has 1 unspecified atom stereocenters. The molecule has 0 aliphatic carbocycles. The van der Waals surface area contributed by atoms with Crippen LogP contribution in [0.1, 0.15) is 11.8 Å². The van der Waals surface area contributed by atoms with E-state index in [0.717, 1.165) is 12.1 Å². The molecule has 0 aromatic heterocycles. The second-order valence-corrected chi connectivity index (χ2v) is 2.36. The SMILES string of the molecule is CNC(O)c1ccc(F)cc1F. The third kappa shape index (κ3) is 1.78. The summed E-state index contributed by atoms with van der Waals surface area (Å²) in [5.41, 5.74) is 0.0406. The molecule has 2 nitrogen and oxygen atoms in total. The summed E-state index contributed by atoms with van der Waals surface area (Å²) in [5, 5.41) is 11.6. The summed E-state index contributed by atoms with van der Waals surface area (Å²) in [7, 11) is 1.48. The second-order valence-electron chi connectivity index (χ2n) is 2.36. The Kier molecular flexibility index (Phi) is 2.73. The molecule has 0 fully saturated rings. The molecule has 0 saturated heterocycles. The van der Waals surface area contributed by atoms with Crippen LogP contribution in [0.4, 0.5) is 8.78 Å². The maximum absolute atomic E-state index is 12.8. The van der Waals surface area contributed by atoms with E-state index in [0.29, 0.717) is 0 Å². The topological polar surface area (TPSA) is 32.3 Å². The van der Waals surface area contributed by atoms with Gasteiger partial charge in [-0.1, -0.05) is 0 Å². The molecule has 0 heterocycles. The van der Waals surface area contributed by atoms with Crippen molar-refractivity contribution in [1.29, 1.82) is 0 Å². The molecule has 2 N–H and O–H groups in total. The van der Waals surface area contributed by atoms with E-state index < -0.39 is 17.9 Å². The minimum absolute atomic E-state index is 0.0406. The average molecular weight is 173 g/mol. The molecule has 1 atom stereocenters. The first-order valence-corrected chi connectivity index (χ1v) is 3.45. The zero-order chi connectivity index (χ0) is 9.14. The molecule has 0 aliphatic rings. The van der Waals surface area contributed by atoms with Gasteiger partial charge in [-0.2, -0.15) is 0 Å². The van der Waals surface area contributed by atoms with E-state index >= 15 is 0 Å². The van der Waals surface area contributed by atoms with Gasteiger partial charge in [-0.3, -0.25) is 5.32 Å². The molecule has 12 heavy (non-hydrogen) atoms. The van der Waals surface area contributed by atoms with E-state index in [1.165, 1.54) is 13.1 Å². The summed E-state index contributed by atoms with van der Waals surface area (Å²) in [6.45, 7) is 0. The number of rotatable bonds is 2. The first-order valence-electron chi connectivity index (χ1n) is 3.45. The molecule has 0 radical (unpaired) electrons. The molecule has 1 aromatic carbocycles. The van der Waals surface area contributed by atoms with Crippen LogP contribution in [0.25, 0.3) is 0 Å². The van der Waals surface area contributed by atoms with Crippen molar-refractivity contribution >= 4 is 0 Å². The van der Waals surface area contributed by atoms with Crippen LogP contribution in [-0.2, 0) is 0 Å². The van der Waals surface area contributed by atoms with Gasteiger partial charge in [-0.15, -0.1) is 0 Å².